The van der Waals surface area contributed by atoms with Crippen LogP contribution in [0.3, 0.4) is 0 Å². The number of anilines is 1. The first-order valence-electron chi connectivity index (χ1n) is 7.99. The van der Waals surface area contributed by atoms with Crippen LogP contribution in [0.2, 0.25) is 0 Å². The second-order valence-electron chi connectivity index (χ2n) is 5.75. The summed E-state index contributed by atoms with van der Waals surface area (Å²) < 4.78 is 44.6. The van der Waals surface area contributed by atoms with E-state index in [1.54, 1.807) is 18.2 Å². The van der Waals surface area contributed by atoms with Gasteiger partial charge < -0.3 is 15.0 Å². The molecule has 8 nitrogen and oxygen atoms in total. The number of nitro benzene ring substituents is 1. The summed E-state index contributed by atoms with van der Waals surface area (Å²) in [4.78, 5) is 29.1. The maximum Gasteiger partial charge on any atom is 0.418 e. The normalized spacial score (nSPS) is 11.4. The molecule has 0 radical (unpaired) electrons. The van der Waals surface area contributed by atoms with Gasteiger partial charge in [0.2, 0.25) is 5.91 Å². The van der Waals surface area contributed by atoms with Crippen LogP contribution in [0, 0.1) is 10.1 Å². The lowest BCUT2D eigenvalue weighted by atomic mass is 10.1. The Hall–Kier alpha value is -3.28. The van der Waals surface area contributed by atoms with Crippen LogP contribution in [-0.2, 0) is 11.0 Å². The van der Waals surface area contributed by atoms with Crippen LogP contribution in [0.15, 0.2) is 41.6 Å². The predicted molar refractivity (Wildman–Crippen MR) is 100 cm³/mol. The molecule has 0 fully saturated rings. The average molecular weight is 426 g/mol. The van der Waals surface area contributed by atoms with Gasteiger partial charge in [0.05, 0.1) is 40.1 Å². The van der Waals surface area contributed by atoms with Crippen molar-refractivity contribution in [3.05, 3.63) is 52.1 Å². The van der Waals surface area contributed by atoms with Gasteiger partial charge in [0.25, 0.3) is 5.69 Å². The van der Waals surface area contributed by atoms with E-state index in [9.17, 15) is 28.1 Å². The summed E-state index contributed by atoms with van der Waals surface area (Å²) in [6.45, 7) is 0. The molecule has 1 heterocycles. The molecule has 0 saturated carbocycles. The van der Waals surface area contributed by atoms with Crippen LogP contribution in [0.5, 0.6) is 5.75 Å². The highest BCUT2D eigenvalue weighted by Gasteiger charge is 2.35. The number of hydrogen-bond donors (Lipinski definition) is 2. The number of carbonyl (C=O) groups excluding carboxylic acids is 1. The number of thioether (sulfide) groups is 1. The number of non-ortho nitro benzene ring substituents is 1. The smallest absolute Gasteiger partial charge is 0.418 e. The van der Waals surface area contributed by atoms with E-state index in [0.29, 0.717) is 28.0 Å². The standard InChI is InChI=1S/C17H13F3N4O4S/c1-28-10-3-5-13-14(7-10)23-16(22-13)29-8-15(25)21-12-4-2-9(24(26)27)6-11(12)17(18,19)20/h2-7H,8H2,1H3,(H,21,25)(H,22,23). The molecular weight excluding hydrogens is 413 g/mol. The molecule has 12 heteroatoms. The maximum absolute atomic E-state index is 13.2. The topological polar surface area (TPSA) is 110 Å². The zero-order valence-corrected chi connectivity index (χ0v) is 15.6. The fraction of sp³-hybridized carbons (Fsp3) is 0.176. The second-order valence-corrected chi connectivity index (χ2v) is 6.71. The van der Waals surface area contributed by atoms with Gasteiger partial charge in [0.1, 0.15) is 5.75 Å². The molecule has 0 atom stereocenters. The fourth-order valence-corrected chi connectivity index (χ4v) is 3.16. The predicted octanol–water partition coefficient (Wildman–Crippen LogP) is 4.23. The SMILES string of the molecule is COc1ccc2nc(SCC(=O)Nc3ccc([N+](=O)[O-])cc3C(F)(F)F)[nH]c2c1. The van der Waals surface area contributed by atoms with Crippen molar-refractivity contribution in [1.82, 2.24) is 9.97 Å². The van der Waals surface area contributed by atoms with Crippen molar-refractivity contribution in [2.24, 2.45) is 0 Å². The zero-order chi connectivity index (χ0) is 21.2. The Balaban J connectivity index is 1.71. The van der Waals surface area contributed by atoms with E-state index in [2.05, 4.69) is 15.3 Å². The Morgan fingerprint density at radius 1 is 1.31 bits per heavy atom. The van der Waals surface area contributed by atoms with E-state index in [4.69, 9.17) is 4.74 Å². The van der Waals surface area contributed by atoms with Crippen molar-refractivity contribution in [2.75, 3.05) is 18.2 Å². The molecule has 2 aromatic carbocycles. The average Bonchev–Trinajstić information content (AvgIpc) is 3.07. The molecule has 0 saturated heterocycles. The number of hydrogen-bond acceptors (Lipinski definition) is 6. The number of aromatic nitrogens is 2. The van der Waals surface area contributed by atoms with E-state index < -0.39 is 33.9 Å². The number of benzene rings is 2. The van der Waals surface area contributed by atoms with Crippen molar-refractivity contribution >= 4 is 40.1 Å². The molecule has 0 unspecified atom stereocenters. The largest absolute Gasteiger partial charge is 0.497 e. The number of carbonyl (C=O) groups is 1. The summed E-state index contributed by atoms with van der Waals surface area (Å²) in [6.07, 6.45) is -4.86. The van der Waals surface area contributed by atoms with Crippen molar-refractivity contribution in [3.8, 4) is 5.75 Å². The lowest BCUT2D eigenvalue weighted by Gasteiger charge is -2.13. The van der Waals surface area contributed by atoms with E-state index in [-0.39, 0.29) is 5.75 Å². The summed E-state index contributed by atoms with van der Waals surface area (Å²) in [7, 11) is 1.52. The van der Waals surface area contributed by atoms with Crippen LogP contribution < -0.4 is 10.1 Å². The van der Waals surface area contributed by atoms with Crippen molar-refractivity contribution < 1.29 is 27.6 Å². The first-order valence-corrected chi connectivity index (χ1v) is 8.98. The number of aromatic amines is 1. The van der Waals surface area contributed by atoms with Gasteiger partial charge in [-0.25, -0.2) is 4.98 Å². The molecule has 0 bridgehead atoms. The number of methoxy groups -OCH3 is 1. The number of imidazole rings is 1. The van der Waals surface area contributed by atoms with E-state index in [0.717, 1.165) is 23.9 Å². The number of nitrogens with one attached hydrogen (secondary N) is 2. The van der Waals surface area contributed by atoms with Gasteiger partial charge in [0, 0.05) is 18.2 Å². The number of nitro groups is 1. The first-order chi connectivity index (χ1) is 13.7. The van der Waals surface area contributed by atoms with E-state index >= 15 is 0 Å². The molecule has 0 spiro atoms. The lowest BCUT2D eigenvalue weighted by Crippen LogP contribution is -2.18. The minimum absolute atomic E-state index is 0.217. The molecule has 2 N–H and O–H groups in total. The van der Waals surface area contributed by atoms with Crippen LogP contribution >= 0.6 is 11.8 Å². The highest BCUT2D eigenvalue weighted by molar-refractivity contribution is 7.99. The molecule has 1 amide bonds. The van der Waals surface area contributed by atoms with Gasteiger partial charge >= 0.3 is 6.18 Å². The molecule has 0 aliphatic rings. The summed E-state index contributed by atoms with van der Waals surface area (Å²) >= 11 is 0.999. The van der Waals surface area contributed by atoms with Gasteiger partial charge in [-0.1, -0.05) is 11.8 Å². The third-order valence-electron chi connectivity index (χ3n) is 3.80. The van der Waals surface area contributed by atoms with Crippen molar-refractivity contribution in [1.29, 1.82) is 0 Å². The van der Waals surface area contributed by atoms with Crippen molar-refractivity contribution in [2.45, 2.75) is 11.3 Å². The Morgan fingerprint density at radius 2 is 2.07 bits per heavy atom. The Kier molecular flexibility index (Phi) is 5.64. The first kappa shape index (κ1) is 20.5. The molecular formula is C17H13F3N4O4S. The van der Waals surface area contributed by atoms with E-state index in [1.807, 2.05) is 0 Å². The second kappa shape index (κ2) is 7.99. The maximum atomic E-state index is 13.2. The van der Waals surface area contributed by atoms with Gasteiger partial charge in [0.15, 0.2) is 5.16 Å². The molecule has 29 heavy (non-hydrogen) atoms. The lowest BCUT2D eigenvalue weighted by molar-refractivity contribution is -0.385. The quantitative estimate of drug-likeness (QED) is 0.347. The number of rotatable bonds is 6. The molecule has 0 aliphatic heterocycles. The Labute approximate surface area is 165 Å². The van der Waals surface area contributed by atoms with Crippen LogP contribution in [0.25, 0.3) is 11.0 Å². The minimum Gasteiger partial charge on any atom is -0.497 e. The molecule has 1 aromatic heterocycles. The summed E-state index contributed by atoms with van der Waals surface area (Å²) in [5.41, 5.74) is -1.24. The highest BCUT2D eigenvalue weighted by Crippen LogP contribution is 2.37. The molecule has 0 aliphatic carbocycles. The molecule has 3 aromatic rings. The molecule has 3 rings (SSSR count). The van der Waals surface area contributed by atoms with Crippen LogP contribution in [0.4, 0.5) is 24.5 Å². The van der Waals surface area contributed by atoms with Gasteiger partial charge in [-0.15, -0.1) is 0 Å². The number of fused-ring (bicyclic) bond motifs is 1. The minimum atomic E-state index is -4.86. The van der Waals surface area contributed by atoms with E-state index in [1.165, 1.54) is 7.11 Å². The van der Waals surface area contributed by atoms with Gasteiger partial charge in [-0.2, -0.15) is 13.2 Å². The Bertz CT molecular complexity index is 1080. The summed E-state index contributed by atoms with van der Waals surface area (Å²) in [6, 6.07) is 7.30. The third kappa shape index (κ3) is 4.77. The number of alkyl halides is 3. The Morgan fingerprint density at radius 3 is 2.72 bits per heavy atom. The number of ether oxygens (including phenoxy) is 1. The van der Waals surface area contributed by atoms with Gasteiger partial charge in [-0.3, -0.25) is 14.9 Å². The number of amides is 1. The highest BCUT2D eigenvalue weighted by atomic mass is 32.2. The monoisotopic (exact) mass is 426 g/mol. The van der Waals surface area contributed by atoms with Crippen molar-refractivity contribution in [3.63, 3.8) is 0 Å². The van der Waals surface area contributed by atoms with Crippen LogP contribution in [-0.4, -0.2) is 33.7 Å². The van der Waals surface area contributed by atoms with Crippen LogP contribution in [0.1, 0.15) is 5.56 Å². The summed E-state index contributed by atoms with van der Waals surface area (Å²) in [5.74, 6) is -0.314. The zero-order valence-electron chi connectivity index (χ0n) is 14.7. The number of halogens is 3. The van der Waals surface area contributed by atoms with Gasteiger partial charge in [-0.05, 0) is 18.2 Å². The number of H-pyrrole nitrogens is 1. The summed E-state index contributed by atoms with van der Waals surface area (Å²) in [5, 5.41) is 13.3. The fourth-order valence-electron chi connectivity index (χ4n) is 2.47. The molecule has 152 valence electrons. The number of nitrogens with zero attached hydrogens (tertiary/aromatic N) is 2. The third-order valence-corrected chi connectivity index (χ3v) is 4.67.